The molecule has 17 heavy (non-hydrogen) atoms. The number of benzene rings is 1. The monoisotopic (exact) mass is 236 g/mol. The highest BCUT2D eigenvalue weighted by Gasteiger charge is 2.23. The average molecular weight is 236 g/mol. The van der Waals surface area contributed by atoms with Gasteiger partial charge < -0.3 is 14.2 Å². The average Bonchev–Trinajstić information content (AvgIpc) is 3.19. The molecule has 0 amide bonds. The van der Waals surface area contributed by atoms with Gasteiger partial charge in [0, 0.05) is 0 Å². The number of methoxy groups -OCH3 is 1. The lowest BCUT2D eigenvalue weighted by Gasteiger charge is -2.10. The Morgan fingerprint density at radius 3 is 2.65 bits per heavy atom. The largest absolute Gasteiger partial charge is 0.491 e. The van der Waals surface area contributed by atoms with E-state index in [1.165, 1.54) is 7.11 Å². The fourth-order valence-electron chi connectivity index (χ4n) is 1.52. The molecule has 0 bridgehead atoms. The van der Waals surface area contributed by atoms with E-state index in [0.717, 1.165) is 17.9 Å². The van der Waals surface area contributed by atoms with Gasteiger partial charge >= 0.3 is 5.97 Å². The fraction of sp³-hybridized carbons (Fsp3) is 0.462. The van der Waals surface area contributed by atoms with Crippen LogP contribution in [0.2, 0.25) is 0 Å². The first kappa shape index (κ1) is 11.9. The summed E-state index contributed by atoms with van der Waals surface area (Å²) in [6.07, 6.45) is 0.253. The number of epoxide rings is 1. The second-order valence-corrected chi connectivity index (χ2v) is 4.08. The van der Waals surface area contributed by atoms with Gasteiger partial charge in [-0.1, -0.05) is 12.1 Å². The maximum Gasteiger partial charge on any atom is 0.312 e. The zero-order valence-electron chi connectivity index (χ0n) is 10.0. The molecule has 2 rings (SSSR count). The van der Waals surface area contributed by atoms with E-state index in [4.69, 9.17) is 14.2 Å². The van der Waals surface area contributed by atoms with Crippen molar-refractivity contribution in [2.75, 3.05) is 20.3 Å². The van der Waals surface area contributed by atoms with Crippen LogP contribution in [0.15, 0.2) is 24.3 Å². The molecule has 4 heteroatoms. The van der Waals surface area contributed by atoms with Crippen LogP contribution in [-0.2, 0) is 14.3 Å². The van der Waals surface area contributed by atoms with E-state index in [0.29, 0.717) is 6.61 Å². The number of ether oxygens (including phenoxy) is 3. The minimum atomic E-state index is -0.249. The highest BCUT2D eigenvalue weighted by Crippen LogP contribution is 2.21. The molecule has 2 atom stereocenters. The normalized spacial score (nSPS) is 19.5. The molecule has 0 saturated carbocycles. The molecule has 0 radical (unpaired) electrons. The van der Waals surface area contributed by atoms with Crippen LogP contribution in [0.5, 0.6) is 5.75 Å². The summed E-state index contributed by atoms with van der Waals surface area (Å²) < 4.78 is 15.3. The molecule has 0 spiro atoms. The molecule has 1 heterocycles. The van der Waals surface area contributed by atoms with Gasteiger partial charge in [-0.2, -0.15) is 0 Å². The Kier molecular flexibility index (Phi) is 3.64. The van der Waals surface area contributed by atoms with Crippen molar-refractivity contribution in [2.45, 2.75) is 18.9 Å². The minimum absolute atomic E-state index is 0.231. The summed E-state index contributed by atoms with van der Waals surface area (Å²) in [5, 5.41) is 0. The molecule has 1 aromatic rings. The Balaban J connectivity index is 1.93. The Labute approximate surface area is 100 Å². The first-order valence-corrected chi connectivity index (χ1v) is 5.63. The van der Waals surface area contributed by atoms with Crippen LogP contribution in [0, 0.1) is 0 Å². The summed E-state index contributed by atoms with van der Waals surface area (Å²) in [7, 11) is 1.39. The maximum absolute atomic E-state index is 11.4. The molecule has 0 N–H and O–H groups in total. The third kappa shape index (κ3) is 3.20. The Morgan fingerprint density at radius 2 is 2.12 bits per heavy atom. The molecule has 0 aromatic heterocycles. The molecule has 4 nitrogen and oxygen atoms in total. The molecule has 0 aliphatic carbocycles. The second-order valence-electron chi connectivity index (χ2n) is 4.08. The molecule has 1 aromatic carbocycles. The molecule has 92 valence electrons. The number of rotatable bonds is 5. The summed E-state index contributed by atoms with van der Waals surface area (Å²) in [6, 6.07) is 7.48. The van der Waals surface area contributed by atoms with E-state index >= 15 is 0 Å². The van der Waals surface area contributed by atoms with Crippen LogP contribution in [0.4, 0.5) is 0 Å². The third-order valence-electron chi connectivity index (χ3n) is 2.77. The van der Waals surface area contributed by atoms with Crippen molar-refractivity contribution in [2.24, 2.45) is 0 Å². The van der Waals surface area contributed by atoms with Gasteiger partial charge in [0.15, 0.2) is 0 Å². The summed E-state index contributed by atoms with van der Waals surface area (Å²) in [5.41, 5.74) is 0.923. The molecule has 1 aliphatic rings. The van der Waals surface area contributed by atoms with Gasteiger partial charge in [-0.3, -0.25) is 4.79 Å². The van der Waals surface area contributed by atoms with E-state index in [9.17, 15) is 4.79 Å². The highest BCUT2D eigenvalue weighted by molar-refractivity contribution is 5.77. The third-order valence-corrected chi connectivity index (χ3v) is 2.77. The summed E-state index contributed by atoms with van der Waals surface area (Å²) in [4.78, 5) is 11.4. The van der Waals surface area contributed by atoms with Crippen LogP contribution in [0.1, 0.15) is 18.4 Å². The zero-order valence-corrected chi connectivity index (χ0v) is 10.0. The quantitative estimate of drug-likeness (QED) is 0.577. The topological polar surface area (TPSA) is 48.1 Å². The molecule has 1 aliphatic heterocycles. The second kappa shape index (κ2) is 5.19. The number of hydrogen-bond donors (Lipinski definition) is 0. The van der Waals surface area contributed by atoms with Crippen molar-refractivity contribution in [3.05, 3.63) is 29.8 Å². The number of hydrogen-bond acceptors (Lipinski definition) is 4. The van der Waals surface area contributed by atoms with E-state index in [2.05, 4.69) is 0 Å². The highest BCUT2D eigenvalue weighted by atomic mass is 16.6. The summed E-state index contributed by atoms with van der Waals surface area (Å²) >= 11 is 0. The van der Waals surface area contributed by atoms with Crippen molar-refractivity contribution in [1.82, 2.24) is 0 Å². The van der Waals surface area contributed by atoms with Gasteiger partial charge in [-0.25, -0.2) is 0 Å². The van der Waals surface area contributed by atoms with Crippen molar-refractivity contribution < 1.29 is 19.0 Å². The molecular formula is C13H16O4. The standard InChI is InChI=1S/C13H16O4/c1-9(13(14)15-2)10-3-5-11(6-4-10)16-7-12-8-17-12/h3-6,9,12H,7-8H2,1-2H3. The number of carbonyl (C=O) groups is 1. The Morgan fingerprint density at radius 1 is 1.47 bits per heavy atom. The zero-order chi connectivity index (χ0) is 12.3. The van der Waals surface area contributed by atoms with Crippen molar-refractivity contribution >= 4 is 5.97 Å². The lowest BCUT2D eigenvalue weighted by Crippen LogP contribution is -2.10. The van der Waals surface area contributed by atoms with E-state index in [1.54, 1.807) is 0 Å². The van der Waals surface area contributed by atoms with Crippen molar-refractivity contribution in [3.63, 3.8) is 0 Å². The van der Waals surface area contributed by atoms with Crippen LogP contribution in [0.25, 0.3) is 0 Å². The number of carbonyl (C=O) groups excluding carboxylic acids is 1. The van der Waals surface area contributed by atoms with Crippen molar-refractivity contribution in [3.8, 4) is 5.75 Å². The van der Waals surface area contributed by atoms with E-state index in [-0.39, 0.29) is 18.0 Å². The summed E-state index contributed by atoms with van der Waals surface area (Å²) in [5.74, 6) is 0.312. The van der Waals surface area contributed by atoms with Crippen molar-refractivity contribution in [1.29, 1.82) is 0 Å². The predicted octanol–water partition coefficient (Wildman–Crippen LogP) is 1.74. The smallest absolute Gasteiger partial charge is 0.312 e. The lowest BCUT2D eigenvalue weighted by atomic mass is 10.0. The minimum Gasteiger partial charge on any atom is -0.491 e. The predicted molar refractivity (Wildman–Crippen MR) is 62.1 cm³/mol. The fourth-order valence-corrected chi connectivity index (χ4v) is 1.52. The lowest BCUT2D eigenvalue weighted by molar-refractivity contribution is -0.141. The molecule has 1 saturated heterocycles. The van der Waals surface area contributed by atoms with Crippen LogP contribution in [-0.4, -0.2) is 32.4 Å². The van der Waals surface area contributed by atoms with Gasteiger partial charge in [0.2, 0.25) is 0 Å². The first-order chi connectivity index (χ1) is 8.20. The van der Waals surface area contributed by atoms with Gasteiger partial charge in [-0.05, 0) is 24.6 Å². The van der Waals surface area contributed by atoms with Gasteiger partial charge in [0.1, 0.15) is 18.5 Å². The van der Waals surface area contributed by atoms with Gasteiger partial charge in [-0.15, -0.1) is 0 Å². The Bertz CT molecular complexity index is 381. The molecule has 1 fully saturated rings. The van der Waals surface area contributed by atoms with Gasteiger partial charge in [0.05, 0.1) is 19.6 Å². The van der Waals surface area contributed by atoms with Gasteiger partial charge in [0.25, 0.3) is 0 Å². The SMILES string of the molecule is COC(=O)C(C)c1ccc(OCC2CO2)cc1. The number of esters is 1. The van der Waals surface area contributed by atoms with Crippen LogP contribution < -0.4 is 4.74 Å². The first-order valence-electron chi connectivity index (χ1n) is 5.63. The molecule has 2 unspecified atom stereocenters. The maximum atomic E-state index is 11.4. The van der Waals surface area contributed by atoms with E-state index < -0.39 is 0 Å². The van der Waals surface area contributed by atoms with Crippen LogP contribution >= 0.6 is 0 Å². The Hall–Kier alpha value is -1.55. The van der Waals surface area contributed by atoms with Crippen LogP contribution in [0.3, 0.4) is 0 Å². The molecular weight excluding hydrogens is 220 g/mol. The van der Waals surface area contributed by atoms with E-state index in [1.807, 2.05) is 31.2 Å². The summed E-state index contributed by atoms with van der Waals surface area (Å²) in [6.45, 7) is 3.20.